The maximum atomic E-state index is 4.45. The molecule has 0 unspecified atom stereocenters. The molecule has 2 fully saturated rings. The quantitative estimate of drug-likeness (QED) is 0.836. The Balaban J connectivity index is 1.49. The highest BCUT2D eigenvalue weighted by Crippen LogP contribution is 2.18. The molecular formula is C16H26N4. The molecule has 4 nitrogen and oxygen atoms in total. The second-order valence-electron chi connectivity index (χ2n) is 6.11. The molecule has 0 radical (unpaired) electrons. The van der Waals surface area contributed by atoms with Crippen LogP contribution in [0.1, 0.15) is 19.3 Å². The number of likely N-dealkylation sites (N-methyl/N-ethyl adjacent to an activating group) is 1. The molecule has 110 valence electrons. The number of piperidine rings is 1. The maximum absolute atomic E-state index is 4.45. The summed E-state index contributed by atoms with van der Waals surface area (Å²) in [5.41, 5.74) is 0. The van der Waals surface area contributed by atoms with E-state index in [-0.39, 0.29) is 0 Å². The molecular weight excluding hydrogens is 248 g/mol. The number of hydrogen-bond acceptors (Lipinski definition) is 4. The van der Waals surface area contributed by atoms with Gasteiger partial charge in [0.1, 0.15) is 5.82 Å². The molecule has 3 heterocycles. The zero-order valence-electron chi connectivity index (χ0n) is 12.5. The van der Waals surface area contributed by atoms with Gasteiger partial charge in [-0.05, 0) is 38.6 Å². The van der Waals surface area contributed by atoms with Crippen LogP contribution in [0.5, 0.6) is 0 Å². The molecule has 0 amide bonds. The minimum Gasteiger partial charge on any atom is -0.354 e. The van der Waals surface area contributed by atoms with Crippen molar-refractivity contribution >= 4 is 5.82 Å². The minimum absolute atomic E-state index is 0.769. The predicted molar refractivity (Wildman–Crippen MR) is 83.2 cm³/mol. The summed E-state index contributed by atoms with van der Waals surface area (Å²) in [6.45, 7) is 7.06. The number of hydrogen-bond donors (Lipinski definition) is 0. The average molecular weight is 274 g/mol. The average Bonchev–Trinajstić information content (AvgIpc) is 2.51. The van der Waals surface area contributed by atoms with Gasteiger partial charge in [-0.1, -0.05) is 12.5 Å². The molecule has 0 aliphatic carbocycles. The highest BCUT2D eigenvalue weighted by Gasteiger charge is 2.24. The summed E-state index contributed by atoms with van der Waals surface area (Å²) in [7, 11) is 2.29. The van der Waals surface area contributed by atoms with E-state index in [2.05, 4.69) is 38.9 Å². The number of piperazine rings is 1. The fourth-order valence-corrected chi connectivity index (χ4v) is 3.37. The second kappa shape index (κ2) is 6.55. The van der Waals surface area contributed by atoms with Gasteiger partial charge in [-0.3, -0.25) is 4.90 Å². The number of nitrogens with zero attached hydrogens (tertiary/aromatic N) is 4. The zero-order chi connectivity index (χ0) is 13.8. The van der Waals surface area contributed by atoms with Gasteiger partial charge in [0, 0.05) is 45.0 Å². The van der Waals surface area contributed by atoms with Crippen LogP contribution in [0.3, 0.4) is 0 Å². The van der Waals surface area contributed by atoms with Crippen LogP contribution in [0.2, 0.25) is 0 Å². The van der Waals surface area contributed by atoms with Crippen LogP contribution in [0.4, 0.5) is 5.82 Å². The lowest BCUT2D eigenvalue weighted by molar-refractivity contribution is 0.124. The van der Waals surface area contributed by atoms with Gasteiger partial charge in [0.15, 0.2) is 0 Å². The van der Waals surface area contributed by atoms with Gasteiger partial charge in [-0.25, -0.2) is 4.98 Å². The van der Waals surface area contributed by atoms with E-state index in [9.17, 15) is 0 Å². The first-order valence-corrected chi connectivity index (χ1v) is 7.91. The molecule has 1 aromatic rings. The van der Waals surface area contributed by atoms with Crippen LogP contribution in [-0.2, 0) is 0 Å². The van der Waals surface area contributed by atoms with Crippen molar-refractivity contribution < 1.29 is 0 Å². The van der Waals surface area contributed by atoms with Gasteiger partial charge in [0.25, 0.3) is 0 Å². The van der Waals surface area contributed by atoms with Crippen molar-refractivity contribution in [3.63, 3.8) is 0 Å². The normalized spacial score (nSPS) is 25.9. The first kappa shape index (κ1) is 13.8. The van der Waals surface area contributed by atoms with E-state index in [0.29, 0.717) is 0 Å². The number of pyridine rings is 1. The van der Waals surface area contributed by atoms with Gasteiger partial charge >= 0.3 is 0 Å². The number of aromatic nitrogens is 1. The second-order valence-corrected chi connectivity index (χ2v) is 6.11. The van der Waals surface area contributed by atoms with Crippen LogP contribution in [0.15, 0.2) is 24.4 Å². The molecule has 0 saturated carbocycles. The first-order valence-electron chi connectivity index (χ1n) is 7.91. The molecule has 1 aromatic heterocycles. The van der Waals surface area contributed by atoms with Crippen LogP contribution in [-0.4, -0.2) is 67.1 Å². The highest BCUT2D eigenvalue weighted by molar-refractivity contribution is 5.38. The van der Waals surface area contributed by atoms with Crippen LogP contribution in [0.25, 0.3) is 0 Å². The third-order valence-electron chi connectivity index (χ3n) is 4.74. The Hall–Kier alpha value is -1.13. The number of rotatable bonds is 3. The van der Waals surface area contributed by atoms with Gasteiger partial charge in [0.05, 0.1) is 0 Å². The molecule has 2 aliphatic rings. The molecule has 0 aromatic carbocycles. The lowest BCUT2D eigenvalue weighted by Crippen LogP contribution is -2.52. The van der Waals surface area contributed by atoms with Gasteiger partial charge in [-0.15, -0.1) is 0 Å². The molecule has 2 saturated heterocycles. The van der Waals surface area contributed by atoms with E-state index in [1.807, 2.05) is 12.3 Å². The molecule has 0 bridgehead atoms. The van der Waals surface area contributed by atoms with E-state index < -0.39 is 0 Å². The fourth-order valence-electron chi connectivity index (χ4n) is 3.37. The summed E-state index contributed by atoms with van der Waals surface area (Å²) in [4.78, 5) is 12.0. The van der Waals surface area contributed by atoms with Crippen molar-refractivity contribution in [2.75, 3.05) is 51.2 Å². The van der Waals surface area contributed by atoms with Crippen molar-refractivity contribution in [1.29, 1.82) is 0 Å². The Morgan fingerprint density at radius 1 is 1.10 bits per heavy atom. The standard InChI is InChI=1S/C16H26N4/c1-18-9-5-3-6-15(18)14-19-10-12-20(13-11-19)16-7-2-4-8-17-16/h2,4,7-8,15H,3,5-6,9-14H2,1H3/t15-/m1/s1. The summed E-state index contributed by atoms with van der Waals surface area (Å²) in [5, 5.41) is 0. The fraction of sp³-hybridized carbons (Fsp3) is 0.688. The molecule has 20 heavy (non-hydrogen) atoms. The Kier molecular flexibility index (Phi) is 4.53. The van der Waals surface area contributed by atoms with Crippen molar-refractivity contribution in [1.82, 2.24) is 14.8 Å². The van der Waals surface area contributed by atoms with E-state index in [4.69, 9.17) is 0 Å². The minimum atomic E-state index is 0.769. The van der Waals surface area contributed by atoms with Crippen molar-refractivity contribution in [2.45, 2.75) is 25.3 Å². The monoisotopic (exact) mass is 274 g/mol. The van der Waals surface area contributed by atoms with E-state index in [1.165, 1.54) is 45.4 Å². The van der Waals surface area contributed by atoms with Crippen molar-refractivity contribution in [3.05, 3.63) is 24.4 Å². The molecule has 1 atom stereocenters. The first-order chi connectivity index (χ1) is 9.83. The lowest BCUT2D eigenvalue weighted by atomic mass is 10.0. The molecule has 2 aliphatic heterocycles. The third kappa shape index (κ3) is 3.30. The Morgan fingerprint density at radius 3 is 2.65 bits per heavy atom. The largest absolute Gasteiger partial charge is 0.354 e. The van der Waals surface area contributed by atoms with E-state index in [1.54, 1.807) is 0 Å². The Bertz CT molecular complexity index is 400. The summed E-state index contributed by atoms with van der Waals surface area (Å²) in [5.74, 6) is 1.13. The Labute approximate surface area is 122 Å². The highest BCUT2D eigenvalue weighted by atomic mass is 15.3. The summed E-state index contributed by atoms with van der Waals surface area (Å²) in [6, 6.07) is 6.94. The Morgan fingerprint density at radius 2 is 1.95 bits per heavy atom. The topological polar surface area (TPSA) is 22.6 Å². The number of anilines is 1. The van der Waals surface area contributed by atoms with E-state index >= 15 is 0 Å². The maximum Gasteiger partial charge on any atom is 0.128 e. The van der Waals surface area contributed by atoms with Crippen LogP contribution < -0.4 is 4.90 Å². The van der Waals surface area contributed by atoms with Gasteiger partial charge in [-0.2, -0.15) is 0 Å². The lowest BCUT2D eigenvalue weighted by Gasteiger charge is -2.40. The summed E-state index contributed by atoms with van der Waals surface area (Å²) >= 11 is 0. The smallest absolute Gasteiger partial charge is 0.128 e. The SMILES string of the molecule is CN1CCCC[C@@H]1CN1CCN(c2ccccn2)CC1. The summed E-state index contributed by atoms with van der Waals surface area (Å²) in [6.07, 6.45) is 6.04. The number of likely N-dealkylation sites (tertiary alicyclic amines) is 1. The van der Waals surface area contributed by atoms with Gasteiger partial charge in [0.2, 0.25) is 0 Å². The van der Waals surface area contributed by atoms with Crippen molar-refractivity contribution in [2.24, 2.45) is 0 Å². The van der Waals surface area contributed by atoms with Gasteiger partial charge < -0.3 is 9.80 Å². The molecule has 0 spiro atoms. The molecule has 3 rings (SSSR count). The predicted octanol–water partition coefficient (Wildman–Crippen LogP) is 1.69. The summed E-state index contributed by atoms with van der Waals surface area (Å²) < 4.78 is 0. The van der Waals surface area contributed by atoms with Crippen molar-refractivity contribution in [3.8, 4) is 0 Å². The van der Waals surface area contributed by atoms with E-state index in [0.717, 1.165) is 24.9 Å². The molecule has 0 N–H and O–H groups in total. The van der Waals surface area contributed by atoms with Crippen LogP contribution >= 0.6 is 0 Å². The molecule has 4 heteroatoms. The van der Waals surface area contributed by atoms with Crippen LogP contribution in [0, 0.1) is 0 Å². The third-order valence-corrected chi connectivity index (χ3v) is 4.74. The zero-order valence-corrected chi connectivity index (χ0v) is 12.5.